The molecule has 1 rings (SSSR count). The van der Waals surface area contributed by atoms with E-state index in [-0.39, 0.29) is 5.92 Å². The van der Waals surface area contributed by atoms with Crippen LogP contribution in [-0.4, -0.2) is 35.6 Å². The molecule has 0 amide bonds. The van der Waals surface area contributed by atoms with Crippen molar-refractivity contribution in [2.45, 2.75) is 26.2 Å². The second-order valence-electron chi connectivity index (χ2n) is 3.66. The predicted molar refractivity (Wildman–Crippen MR) is 54.9 cm³/mol. The average Bonchev–Trinajstić information content (AvgIpc) is 2.61. The molecule has 3 heteroatoms. The van der Waals surface area contributed by atoms with Gasteiger partial charge in [-0.05, 0) is 19.4 Å². The van der Waals surface area contributed by atoms with Gasteiger partial charge in [0.15, 0.2) is 0 Å². The summed E-state index contributed by atoms with van der Waals surface area (Å²) in [6, 6.07) is 0. The van der Waals surface area contributed by atoms with Crippen molar-refractivity contribution in [1.29, 1.82) is 0 Å². The molecular formula is C11H17NO2. The normalized spacial score (nSPS) is 21.6. The molecule has 3 nitrogen and oxygen atoms in total. The minimum atomic E-state index is -0.672. The van der Waals surface area contributed by atoms with E-state index in [2.05, 4.69) is 23.7 Å². The molecule has 1 aliphatic heterocycles. The van der Waals surface area contributed by atoms with E-state index < -0.39 is 5.97 Å². The third-order valence-electron chi connectivity index (χ3n) is 2.42. The molecule has 1 aliphatic rings. The summed E-state index contributed by atoms with van der Waals surface area (Å²) in [7, 11) is 0. The number of nitrogens with zero attached hydrogens (tertiary/aromatic N) is 1. The van der Waals surface area contributed by atoms with Crippen LogP contribution in [0.1, 0.15) is 26.2 Å². The van der Waals surface area contributed by atoms with E-state index in [1.807, 2.05) is 0 Å². The number of aliphatic carboxylic acids is 1. The maximum absolute atomic E-state index is 10.7. The lowest BCUT2D eigenvalue weighted by Crippen LogP contribution is -2.23. The van der Waals surface area contributed by atoms with Gasteiger partial charge in [0.05, 0.1) is 12.5 Å². The monoisotopic (exact) mass is 195 g/mol. The molecule has 1 unspecified atom stereocenters. The van der Waals surface area contributed by atoms with Crippen LogP contribution in [0.4, 0.5) is 0 Å². The Bertz CT molecular complexity index is 252. The molecule has 0 saturated carbocycles. The fraction of sp³-hybridized carbons (Fsp3) is 0.727. The quantitative estimate of drug-likeness (QED) is 0.688. The van der Waals surface area contributed by atoms with Crippen molar-refractivity contribution in [2.75, 3.05) is 19.6 Å². The molecule has 0 bridgehead atoms. The first-order valence-electron chi connectivity index (χ1n) is 5.15. The third-order valence-corrected chi connectivity index (χ3v) is 2.42. The van der Waals surface area contributed by atoms with E-state index in [0.29, 0.717) is 6.54 Å². The SMILES string of the molecule is CCCC#CCN1CCC(C(=O)O)C1. The van der Waals surface area contributed by atoms with Crippen molar-refractivity contribution in [2.24, 2.45) is 5.92 Å². The zero-order chi connectivity index (χ0) is 10.4. The van der Waals surface area contributed by atoms with Gasteiger partial charge in [0.25, 0.3) is 0 Å². The van der Waals surface area contributed by atoms with E-state index in [1.165, 1.54) is 0 Å². The smallest absolute Gasteiger partial charge is 0.307 e. The maximum Gasteiger partial charge on any atom is 0.307 e. The van der Waals surface area contributed by atoms with Gasteiger partial charge in [-0.2, -0.15) is 0 Å². The molecule has 14 heavy (non-hydrogen) atoms. The first-order chi connectivity index (χ1) is 6.74. The van der Waals surface area contributed by atoms with Gasteiger partial charge in [-0.15, -0.1) is 5.92 Å². The number of carbonyl (C=O) groups is 1. The van der Waals surface area contributed by atoms with E-state index in [9.17, 15) is 4.79 Å². The van der Waals surface area contributed by atoms with Gasteiger partial charge in [0, 0.05) is 13.0 Å². The fourth-order valence-electron chi connectivity index (χ4n) is 1.56. The molecule has 78 valence electrons. The molecular weight excluding hydrogens is 178 g/mol. The van der Waals surface area contributed by atoms with Crippen molar-refractivity contribution < 1.29 is 9.90 Å². The van der Waals surface area contributed by atoms with E-state index in [1.54, 1.807) is 0 Å². The third kappa shape index (κ3) is 3.39. The van der Waals surface area contributed by atoms with Crippen molar-refractivity contribution >= 4 is 5.97 Å². The molecule has 0 aromatic carbocycles. The van der Waals surface area contributed by atoms with Crippen LogP contribution in [-0.2, 0) is 4.79 Å². The summed E-state index contributed by atoms with van der Waals surface area (Å²) < 4.78 is 0. The molecule has 0 radical (unpaired) electrons. The largest absolute Gasteiger partial charge is 0.481 e. The van der Waals surface area contributed by atoms with Gasteiger partial charge in [-0.25, -0.2) is 0 Å². The summed E-state index contributed by atoms with van der Waals surface area (Å²) in [5, 5.41) is 8.78. The van der Waals surface area contributed by atoms with Crippen LogP contribution in [0.15, 0.2) is 0 Å². The van der Waals surface area contributed by atoms with Crippen LogP contribution >= 0.6 is 0 Å². The van der Waals surface area contributed by atoms with Gasteiger partial charge in [-0.1, -0.05) is 12.8 Å². The Hall–Kier alpha value is -1.01. The van der Waals surface area contributed by atoms with Crippen LogP contribution in [0.2, 0.25) is 0 Å². The Kier molecular flexibility index (Phi) is 4.48. The van der Waals surface area contributed by atoms with Gasteiger partial charge >= 0.3 is 5.97 Å². The van der Waals surface area contributed by atoms with Gasteiger partial charge in [0.1, 0.15) is 0 Å². The van der Waals surface area contributed by atoms with Gasteiger partial charge in [-0.3, -0.25) is 9.69 Å². The molecule has 0 aromatic heterocycles. The van der Waals surface area contributed by atoms with Gasteiger partial charge in [0.2, 0.25) is 0 Å². The van der Waals surface area contributed by atoms with Crippen LogP contribution in [0.3, 0.4) is 0 Å². The molecule has 0 aliphatic carbocycles. The zero-order valence-corrected chi connectivity index (χ0v) is 8.62. The molecule has 1 N–H and O–H groups in total. The van der Waals surface area contributed by atoms with E-state index >= 15 is 0 Å². The van der Waals surface area contributed by atoms with Crippen LogP contribution in [0.5, 0.6) is 0 Å². The highest BCUT2D eigenvalue weighted by Gasteiger charge is 2.26. The lowest BCUT2D eigenvalue weighted by atomic mass is 10.1. The highest BCUT2D eigenvalue weighted by molar-refractivity contribution is 5.70. The van der Waals surface area contributed by atoms with Gasteiger partial charge < -0.3 is 5.11 Å². The Morgan fingerprint density at radius 2 is 2.36 bits per heavy atom. The molecule has 1 heterocycles. The standard InChI is InChI=1S/C11H17NO2/c1-2-3-4-5-7-12-8-6-10(9-12)11(13)14/h10H,2-3,6-9H2,1H3,(H,13,14). The molecule has 1 fully saturated rings. The molecule has 0 aromatic rings. The van der Waals surface area contributed by atoms with Crippen LogP contribution in [0.25, 0.3) is 0 Å². The number of carboxylic acids is 1. The van der Waals surface area contributed by atoms with Crippen molar-refractivity contribution in [3.63, 3.8) is 0 Å². The minimum Gasteiger partial charge on any atom is -0.481 e. The second-order valence-corrected chi connectivity index (χ2v) is 3.66. The van der Waals surface area contributed by atoms with Crippen LogP contribution in [0, 0.1) is 17.8 Å². The number of unbranched alkanes of at least 4 members (excludes halogenated alkanes) is 1. The lowest BCUT2D eigenvalue weighted by molar-refractivity contribution is -0.141. The van der Waals surface area contributed by atoms with Crippen molar-refractivity contribution in [1.82, 2.24) is 4.90 Å². The summed E-state index contributed by atoms with van der Waals surface area (Å²) in [4.78, 5) is 12.8. The summed E-state index contributed by atoms with van der Waals surface area (Å²) in [5.74, 6) is 5.29. The fourth-order valence-corrected chi connectivity index (χ4v) is 1.56. The molecule has 1 saturated heterocycles. The minimum absolute atomic E-state index is 0.178. The Labute approximate surface area is 85.1 Å². The summed E-state index contributed by atoms with van der Waals surface area (Å²) in [6.45, 7) is 4.36. The maximum atomic E-state index is 10.7. The Balaban J connectivity index is 2.23. The van der Waals surface area contributed by atoms with Crippen molar-refractivity contribution in [3.8, 4) is 11.8 Å². The Morgan fingerprint density at radius 3 is 2.93 bits per heavy atom. The number of hydrogen-bond acceptors (Lipinski definition) is 2. The second kappa shape index (κ2) is 5.66. The first-order valence-corrected chi connectivity index (χ1v) is 5.15. The number of carboxylic acid groups (broad SMARTS) is 1. The molecule has 0 spiro atoms. The number of likely N-dealkylation sites (tertiary alicyclic amines) is 1. The number of rotatable bonds is 3. The topological polar surface area (TPSA) is 40.5 Å². The van der Waals surface area contributed by atoms with E-state index in [4.69, 9.17) is 5.11 Å². The van der Waals surface area contributed by atoms with E-state index in [0.717, 1.165) is 32.4 Å². The highest BCUT2D eigenvalue weighted by atomic mass is 16.4. The van der Waals surface area contributed by atoms with Crippen molar-refractivity contribution in [3.05, 3.63) is 0 Å². The summed E-state index contributed by atoms with van der Waals surface area (Å²) in [6.07, 6.45) is 2.80. The molecule has 1 atom stereocenters. The Morgan fingerprint density at radius 1 is 1.57 bits per heavy atom. The van der Waals surface area contributed by atoms with Crippen LogP contribution < -0.4 is 0 Å². The average molecular weight is 195 g/mol. The number of hydrogen-bond donors (Lipinski definition) is 1. The lowest BCUT2D eigenvalue weighted by Gasteiger charge is -2.09. The highest BCUT2D eigenvalue weighted by Crippen LogP contribution is 2.15. The first kappa shape index (κ1) is 11.1. The zero-order valence-electron chi connectivity index (χ0n) is 8.62. The summed E-state index contributed by atoms with van der Waals surface area (Å²) >= 11 is 0. The predicted octanol–water partition coefficient (Wildman–Crippen LogP) is 1.20. The summed E-state index contributed by atoms with van der Waals surface area (Å²) in [5.41, 5.74) is 0.